The summed E-state index contributed by atoms with van der Waals surface area (Å²) in [6.45, 7) is 6.77. The number of aryl methyl sites for hydroxylation is 1. The first-order valence-corrected chi connectivity index (χ1v) is 15.4. The van der Waals surface area contributed by atoms with E-state index in [0.717, 1.165) is 18.4 Å². The number of nitrogens with zero attached hydrogens (tertiary/aromatic N) is 4. The van der Waals surface area contributed by atoms with Gasteiger partial charge in [-0.1, -0.05) is 19.1 Å². The van der Waals surface area contributed by atoms with Gasteiger partial charge in [-0.3, -0.25) is 14.4 Å². The van der Waals surface area contributed by atoms with Gasteiger partial charge in [-0.2, -0.15) is 5.10 Å². The van der Waals surface area contributed by atoms with E-state index in [1.165, 1.54) is 20.5 Å². The standard InChI is InChI=1S/C31H41N5O9/c1-4-21-8-10-22(11-9-21)36-25(45-31(14-7-15-31)29(41)43-5-2)20-24(33-36)27(39)32-23(12-13-26(37)38)28(40)34-16-18-35(19-17-34)30(42)44-6-3/h8-11,20,23H,4-7,12-19H2,1-3H3,(H,32,39)(H,37,38)/t23-/m0/s1. The van der Waals surface area contributed by atoms with Crippen molar-refractivity contribution < 1.29 is 43.3 Å². The number of nitrogens with one attached hydrogen (secondary N) is 1. The summed E-state index contributed by atoms with van der Waals surface area (Å²) in [6.07, 6.45) is 1.52. The van der Waals surface area contributed by atoms with E-state index in [-0.39, 0.29) is 63.8 Å². The number of carboxylic acids is 1. The van der Waals surface area contributed by atoms with Crippen LogP contribution in [0.15, 0.2) is 30.3 Å². The SMILES string of the molecule is CCOC(=O)N1CCN(C(=O)[C@H](CCC(=O)O)NC(=O)c2cc(OC3(C(=O)OCC)CCC3)n(-c3ccc(CC)cc3)n2)CC1. The third kappa shape index (κ3) is 7.91. The van der Waals surface area contributed by atoms with Crippen LogP contribution in [0.1, 0.15) is 68.9 Å². The van der Waals surface area contributed by atoms with E-state index in [1.54, 1.807) is 13.8 Å². The third-order valence-corrected chi connectivity index (χ3v) is 7.97. The van der Waals surface area contributed by atoms with Gasteiger partial charge in [0.25, 0.3) is 5.91 Å². The molecule has 45 heavy (non-hydrogen) atoms. The Morgan fingerprint density at radius 2 is 1.60 bits per heavy atom. The fourth-order valence-electron chi connectivity index (χ4n) is 5.22. The maximum Gasteiger partial charge on any atom is 0.409 e. The molecule has 1 saturated heterocycles. The van der Waals surface area contributed by atoms with E-state index in [0.29, 0.717) is 18.5 Å². The summed E-state index contributed by atoms with van der Waals surface area (Å²) in [4.78, 5) is 66.3. The second kappa shape index (κ2) is 14.9. The molecule has 1 atom stereocenters. The van der Waals surface area contributed by atoms with Gasteiger partial charge >= 0.3 is 18.0 Å². The number of ether oxygens (including phenoxy) is 3. The molecule has 1 aromatic carbocycles. The molecule has 1 aliphatic heterocycles. The van der Waals surface area contributed by atoms with Crippen molar-refractivity contribution >= 4 is 29.8 Å². The summed E-state index contributed by atoms with van der Waals surface area (Å²) in [7, 11) is 0. The van der Waals surface area contributed by atoms with Crippen LogP contribution in [0, 0.1) is 0 Å². The molecule has 2 fully saturated rings. The van der Waals surface area contributed by atoms with Crippen molar-refractivity contribution in [3.05, 3.63) is 41.6 Å². The van der Waals surface area contributed by atoms with Crippen LogP contribution in [0.3, 0.4) is 0 Å². The number of carbonyl (C=O) groups is 5. The lowest BCUT2D eigenvalue weighted by Crippen LogP contribution is -2.56. The van der Waals surface area contributed by atoms with Crippen LogP contribution in [0.25, 0.3) is 5.69 Å². The van der Waals surface area contributed by atoms with Crippen LogP contribution in [0.2, 0.25) is 0 Å². The molecule has 2 aromatic rings. The minimum atomic E-state index is -1.20. The number of hydrogen-bond acceptors (Lipinski definition) is 9. The number of benzene rings is 1. The van der Waals surface area contributed by atoms with Crippen molar-refractivity contribution in [2.45, 2.75) is 70.9 Å². The first-order valence-electron chi connectivity index (χ1n) is 15.4. The Morgan fingerprint density at radius 3 is 2.16 bits per heavy atom. The molecule has 14 nitrogen and oxygen atoms in total. The molecule has 2 heterocycles. The molecular formula is C31H41N5O9. The highest BCUT2D eigenvalue weighted by atomic mass is 16.6. The molecule has 2 aliphatic rings. The Balaban J connectivity index is 1.57. The van der Waals surface area contributed by atoms with Crippen LogP contribution >= 0.6 is 0 Å². The molecule has 0 spiro atoms. The molecule has 2 N–H and O–H groups in total. The number of aliphatic carboxylic acids is 1. The number of esters is 1. The fourth-order valence-corrected chi connectivity index (χ4v) is 5.22. The fraction of sp³-hybridized carbons (Fsp3) is 0.548. The maximum atomic E-state index is 13.6. The van der Waals surface area contributed by atoms with Gasteiger partial charge in [-0.05, 0) is 63.6 Å². The van der Waals surface area contributed by atoms with E-state index in [4.69, 9.17) is 14.2 Å². The summed E-state index contributed by atoms with van der Waals surface area (Å²) in [5.41, 5.74) is 0.410. The number of carbonyl (C=O) groups excluding carboxylic acids is 4. The van der Waals surface area contributed by atoms with Crippen molar-refractivity contribution in [1.29, 1.82) is 0 Å². The van der Waals surface area contributed by atoms with Crippen LogP contribution in [0.5, 0.6) is 5.88 Å². The van der Waals surface area contributed by atoms with Crippen LogP contribution in [0.4, 0.5) is 4.79 Å². The van der Waals surface area contributed by atoms with Gasteiger partial charge in [-0.25, -0.2) is 14.3 Å². The molecular weight excluding hydrogens is 586 g/mol. The number of hydrogen-bond donors (Lipinski definition) is 2. The molecule has 3 amide bonds. The smallest absolute Gasteiger partial charge is 0.409 e. The summed E-state index contributed by atoms with van der Waals surface area (Å²) in [6, 6.07) is 7.75. The molecule has 0 bridgehead atoms. The van der Waals surface area contributed by atoms with E-state index in [1.807, 2.05) is 31.2 Å². The van der Waals surface area contributed by atoms with E-state index >= 15 is 0 Å². The van der Waals surface area contributed by atoms with Gasteiger partial charge in [0, 0.05) is 38.7 Å². The van der Waals surface area contributed by atoms with E-state index in [2.05, 4.69) is 10.4 Å². The highest BCUT2D eigenvalue weighted by Gasteiger charge is 2.49. The van der Waals surface area contributed by atoms with Gasteiger partial charge in [0.15, 0.2) is 5.69 Å². The number of amides is 3. The Labute approximate surface area is 261 Å². The first-order chi connectivity index (χ1) is 21.6. The highest BCUT2D eigenvalue weighted by molar-refractivity contribution is 5.96. The van der Waals surface area contributed by atoms with Crippen LogP contribution < -0.4 is 10.1 Å². The second-order valence-electron chi connectivity index (χ2n) is 10.9. The zero-order chi connectivity index (χ0) is 32.6. The van der Waals surface area contributed by atoms with Gasteiger partial charge < -0.3 is 34.4 Å². The van der Waals surface area contributed by atoms with Crippen LogP contribution in [-0.4, -0.2) is 106 Å². The zero-order valence-electron chi connectivity index (χ0n) is 26.0. The second-order valence-corrected chi connectivity index (χ2v) is 10.9. The Hall–Kier alpha value is -4.62. The number of aromatic nitrogens is 2. The highest BCUT2D eigenvalue weighted by Crippen LogP contribution is 2.38. The largest absolute Gasteiger partial charge is 0.481 e. The third-order valence-electron chi connectivity index (χ3n) is 7.97. The monoisotopic (exact) mass is 627 g/mol. The predicted molar refractivity (Wildman–Crippen MR) is 160 cm³/mol. The van der Waals surface area contributed by atoms with Gasteiger partial charge in [-0.15, -0.1) is 0 Å². The first kappa shape index (κ1) is 33.3. The van der Waals surface area contributed by atoms with Crippen molar-refractivity contribution in [2.24, 2.45) is 0 Å². The predicted octanol–water partition coefficient (Wildman–Crippen LogP) is 2.56. The van der Waals surface area contributed by atoms with Gasteiger partial charge in [0.2, 0.25) is 17.4 Å². The molecule has 4 rings (SSSR count). The minimum Gasteiger partial charge on any atom is -0.481 e. The number of piperazine rings is 1. The lowest BCUT2D eigenvalue weighted by atomic mass is 9.80. The summed E-state index contributed by atoms with van der Waals surface area (Å²) < 4.78 is 18.0. The van der Waals surface area contributed by atoms with Gasteiger partial charge in [0.1, 0.15) is 6.04 Å². The van der Waals surface area contributed by atoms with Crippen molar-refractivity contribution in [3.8, 4) is 11.6 Å². The summed E-state index contributed by atoms with van der Waals surface area (Å²) in [5.74, 6) is -2.62. The number of rotatable bonds is 13. The summed E-state index contributed by atoms with van der Waals surface area (Å²) >= 11 is 0. The Bertz CT molecular complexity index is 1380. The zero-order valence-corrected chi connectivity index (χ0v) is 26.0. The molecule has 1 aliphatic carbocycles. The van der Waals surface area contributed by atoms with Crippen molar-refractivity contribution in [2.75, 3.05) is 39.4 Å². The van der Waals surface area contributed by atoms with Crippen molar-refractivity contribution in [3.63, 3.8) is 0 Å². The molecule has 244 valence electrons. The molecule has 1 aromatic heterocycles. The number of carboxylic acid groups (broad SMARTS) is 1. The van der Waals surface area contributed by atoms with Crippen LogP contribution in [-0.2, 0) is 30.3 Å². The van der Waals surface area contributed by atoms with Gasteiger partial charge in [0.05, 0.1) is 18.9 Å². The molecule has 1 saturated carbocycles. The normalized spacial score (nSPS) is 16.2. The van der Waals surface area contributed by atoms with E-state index < -0.39 is 41.5 Å². The lowest BCUT2D eigenvalue weighted by molar-refractivity contribution is -0.170. The quantitative estimate of drug-likeness (QED) is 0.315. The molecule has 0 unspecified atom stereocenters. The maximum absolute atomic E-state index is 13.6. The average Bonchev–Trinajstić information content (AvgIpc) is 3.44. The Kier molecular flexibility index (Phi) is 11.0. The average molecular weight is 628 g/mol. The Morgan fingerprint density at radius 1 is 0.956 bits per heavy atom. The molecule has 14 heteroatoms. The molecule has 0 radical (unpaired) electrons. The van der Waals surface area contributed by atoms with E-state index in [9.17, 15) is 29.1 Å². The topological polar surface area (TPSA) is 170 Å². The lowest BCUT2D eigenvalue weighted by Gasteiger charge is -2.38. The summed E-state index contributed by atoms with van der Waals surface area (Å²) in [5, 5.41) is 16.5. The minimum absolute atomic E-state index is 0.0804. The van der Waals surface area contributed by atoms with Crippen molar-refractivity contribution in [1.82, 2.24) is 24.9 Å².